The van der Waals surface area contributed by atoms with Gasteiger partial charge in [-0.05, 0) is 55.8 Å². The van der Waals surface area contributed by atoms with Crippen molar-refractivity contribution in [1.82, 2.24) is 5.32 Å². The molecule has 4 nitrogen and oxygen atoms in total. The van der Waals surface area contributed by atoms with Crippen molar-refractivity contribution >= 4 is 29.1 Å². The smallest absolute Gasteiger partial charge is 0.251 e. The van der Waals surface area contributed by atoms with Gasteiger partial charge >= 0.3 is 0 Å². The molecule has 114 valence electrons. The molecule has 0 fully saturated rings. The van der Waals surface area contributed by atoms with E-state index in [0.29, 0.717) is 16.3 Å². The van der Waals surface area contributed by atoms with Crippen molar-refractivity contribution in [2.45, 2.75) is 19.9 Å². The Kier molecular flexibility index (Phi) is 5.17. The van der Waals surface area contributed by atoms with E-state index in [1.165, 1.54) is 0 Å². The lowest BCUT2D eigenvalue weighted by Crippen LogP contribution is -2.41. The average molecular weight is 317 g/mol. The van der Waals surface area contributed by atoms with E-state index in [2.05, 4.69) is 10.6 Å². The van der Waals surface area contributed by atoms with Crippen LogP contribution in [0.5, 0.6) is 0 Å². The molecule has 1 atom stereocenters. The predicted molar refractivity (Wildman–Crippen MR) is 88.2 cm³/mol. The van der Waals surface area contributed by atoms with Gasteiger partial charge in [0.2, 0.25) is 5.91 Å². The monoisotopic (exact) mass is 316 g/mol. The average Bonchev–Trinajstić information content (AvgIpc) is 2.47. The van der Waals surface area contributed by atoms with Crippen LogP contribution in [0.1, 0.15) is 22.8 Å². The van der Waals surface area contributed by atoms with Gasteiger partial charge < -0.3 is 10.6 Å². The number of nitrogens with one attached hydrogen (secondary N) is 2. The number of carbonyl (C=O) groups is 2. The van der Waals surface area contributed by atoms with Crippen molar-refractivity contribution in [3.8, 4) is 0 Å². The van der Waals surface area contributed by atoms with Crippen molar-refractivity contribution in [2.75, 3.05) is 5.32 Å². The Bertz CT molecular complexity index is 683. The quantitative estimate of drug-likeness (QED) is 0.908. The number of hydrogen-bond donors (Lipinski definition) is 2. The highest BCUT2D eigenvalue weighted by molar-refractivity contribution is 6.30. The minimum Gasteiger partial charge on any atom is -0.341 e. The van der Waals surface area contributed by atoms with E-state index < -0.39 is 6.04 Å². The Morgan fingerprint density at radius 1 is 1.09 bits per heavy atom. The molecule has 2 amide bonds. The summed E-state index contributed by atoms with van der Waals surface area (Å²) in [6.07, 6.45) is 0. The van der Waals surface area contributed by atoms with Crippen molar-refractivity contribution in [2.24, 2.45) is 0 Å². The van der Waals surface area contributed by atoms with E-state index in [1.54, 1.807) is 37.3 Å². The first-order valence-electron chi connectivity index (χ1n) is 6.89. The molecule has 2 N–H and O–H groups in total. The van der Waals surface area contributed by atoms with Crippen molar-refractivity contribution in [3.63, 3.8) is 0 Å². The normalized spacial score (nSPS) is 11.6. The molecular formula is C17H17ClN2O2. The van der Waals surface area contributed by atoms with E-state index in [1.807, 2.05) is 25.1 Å². The van der Waals surface area contributed by atoms with Gasteiger partial charge in [0.1, 0.15) is 6.04 Å². The third-order valence-electron chi connectivity index (χ3n) is 3.13. The van der Waals surface area contributed by atoms with Gasteiger partial charge in [-0.25, -0.2) is 0 Å². The fraction of sp³-hybridized carbons (Fsp3) is 0.176. The van der Waals surface area contributed by atoms with E-state index >= 15 is 0 Å². The van der Waals surface area contributed by atoms with Crippen LogP contribution in [0.4, 0.5) is 5.69 Å². The number of amides is 2. The lowest BCUT2D eigenvalue weighted by molar-refractivity contribution is -0.117. The van der Waals surface area contributed by atoms with Crippen LogP contribution in [-0.2, 0) is 4.79 Å². The third-order valence-corrected chi connectivity index (χ3v) is 3.38. The predicted octanol–water partition coefficient (Wildman–Crippen LogP) is 3.41. The van der Waals surface area contributed by atoms with E-state index in [4.69, 9.17) is 11.6 Å². The maximum absolute atomic E-state index is 12.1. The molecule has 0 bridgehead atoms. The molecular weight excluding hydrogens is 300 g/mol. The molecule has 2 rings (SSSR count). The summed E-state index contributed by atoms with van der Waals surface area (Å²) in [6.45, 7) is 3.58. The zero-order valence-corrected chi connectivity index (χ0v) is 13.1. The first kappa shape index (κ1) is 16.0. The van der Waals surface area contributed by atoms with E-state index in [0.717, 1.165) is 5.56 Å². The Balaban J connectivity index is 1.96. The van der Waals surface area contributed by atoms with Gasteiger partial charge in [0.25, 0.3) is 5.91 Å². The van der Waals surface area contributed by atoms with Crippen LogP contribution in [-0.4, -0.2) is 17.9 Å². The molecule has 0 radical (unpaired) electrons. The number of carbonyl (C=O) groups excluding carboxylic acids is 2. The zero-order chi connectivity index (χ0) is 16.1. The molecule has 0 aliphatic rings. The lowest BCUT2D eigenvalue weighted by atomic mass is 10.2. The molecule has 0 aromatic heterocycles. The molecule has 22 heavy (non-hydrogen) atoms. The molecule has 0 saturated carbocycles. The van der Waals surface area contributed by atoms with Gasteiger partial charge in [0.05, 0.1) is 0 Å². The highest BCUT2D eigenvalue weighted by atomic mass is 35.5. The van der Waals surface area contributed by atoms with Gasteiger partial charge in [-0.15, -0.1) is 0 Å². The zero-order valence-electron chi connectivity index (χ0n) is 12.4. The second-order valence-corrected chi connectivity index (χ2v) is 5.50. The van der Waals surface area contributed by atoms with Crippen LogP contribution in [0.15, 0.2) is 48.5 Å². The molecule has 1 unspecified atom stereocenters. The maximum Gasteiger partial charge on any atom is 0.251 e. The van der Waals surface area contributed by atoms with Crippen molar-refractivity contribution in [1.29, 1.82) is 0 Å². The van der Waals surface area contributed by atoms with Crippen molar-refractivity contribution in [3.05, 3.63) is 64.7 Å². The standard InChI is InChI=1S/C17H17ClN2O2/c1-11-4-3-5-15(10-11)20-16(21)12(2)19-17(22)13-6-8-14(18)9-7-13/h3-10,12H,1-2H3,(H,19,22)(H,20,21). The Hall–Kier alpha value is -2.33. The summed E-state index contributed by atoms with van der Waals surface area (Å²) in [5.74, 6) is -0.587. The van der Waals surface area contributed by atoms with Crippen molar-refractivity contribution < 1.29 is 9.59 Å². The SMILES string of the molecule is Cc1cccc(NC(=O)C(C)NC(=O)c2ccc(Cl)cc2)c1. The second-order valence-electron chi connectivity index (χ2n) is 5.06. The largest absolute Gasteiger partial charge is 0.341 e. The summed E-state index contributed by atoms with van der Waals surface area (Å²) in [6, 6.07) is 13.3. The minimum atomic E-state index is -0.649. The summed E-state index contributed by atoms with van der Waals surface area (Å²) in [5.41, 5.74) is 2.22. The number of anilines is 1. The van der Waals surface area contributed by atoms with Gasteiger partial charge in [-0.1, -0.05) is 23.7 Å². The first-order valence-corrected chi connectivity index (χ1v) is 7.27. The van der Waals surface area contributed by atoms with Crippen LogP contribution < -0.4 is 10.6 Å². The van der Waals surface area contributed by atoms with Gasteiger partial charge in [0.15, 0.2) is 0 Å². The number of hydrogen-bond acceptors (Lipinski definition) is 2. The molecule has 0 saturated heterocycles. The molecule has 0 aliphatic carbocycles. The Morgan fingerprint density at radius 3 is 2.41 bits per heavy atom. The highest BCUT2D eigenvalue weighted by Crippen LogP contribution is 2.11. The number of benzene rings is 2. The third kappa shape index (κ3) is 4.33. The molecule has 5 heteroatoms. The fourth-order valence-corrected chi connectivity index (χ4v) is 2.05. The minimum absolute atomic E-state index is 0.270. The van der Waals surface area contributed by atoms with Gasteiger partial charge in [-0.3, -0.25) is 9.59 Å². The topological polar surface area (TPSA) is 58.2 Å². The van der Waals surface area contributed by atoms with Crippen LogP contribution in [0.25, 0.3) is 0 Å². The van der Waals surface area contributed by atoms with Gasteiger partial charge in [-0.2, -0.15) is 0 Å². The molecule has 0 heterocycles. The van der Waals surface area contributed by atoms with Crippen LogP contribution >= 0.6 is 11.6 Å². The lowest BCUT2D eigenvalue weighted by Gasteiger charge is -2.14. The van der Waals surface area contributed by atoms with Gasteiger partial charge in [0, 0.05) is 16.3 Å². The summed E-state index contributed by atoms with van der Waals surface area (Å²) in [5, 5.41) is 5.99. The van der Waals surface area contributed by atoms with Crippen LogP contribution in [0.3, 0.4) is 0 Å². The maximum atomic E-state index is 12.1. The summed E-state index contributed by atoms with van der Waals surface area (Å²) in [4.78, 5) is 24.1. The number of rotatable bonds is 4. The number of aryl methyl sites for hydroxylation is 1. The first-order chi connectivity index (χ1) is 10.5. The van der Waals surface area contributed by atoms with E-state index in [9.17, 15) is 9.59 Å². The second kappa shape index (κ2) is 7.09. The van der Waals surface area contributed by atoms with E-state index in [-0.39, 0.29) is 11.8 Å². The highest BCUT2D eigenvalue weighted by Gasteiger charge is 2.16. The summed E-state index contributed by atoms with van der Waals surface area (Å²) < 4.78 is 0. The van der Waals surface area contributed by atoms with Crippen LogP contribution in [0.2, 0.25) is 5.02 Å². The molecule has 0 spiro atoms. The van der Waals surface area contributed by atoms with Crippen LogP contribution in [0, 0.1) is 6.92 Å². The molecule has 2 aromatic carbocycles. The number of halogens is 1. The fourth-order valence-electron chi connectivity index (χ4n) is 1.92. The Morgan fingerprint density at radius 2 is 1.77 bits per heavy atom. The summed E-state index contributed by atoms with van der Waals surface area (Å²) in [7, 11) is 0. The molecule has 0 aliphatic heterocycles. The summed E-state index contributed by atoms with van der Waals surface area (Å²) >= 11 is 5.78. The molecule has 2 aromatic rings. The Labute approximate surface area is 134 Å².